The molecule has 0 amide bonds. The van der Waals surface area contributed by atoms with Crippen LogP contribution in [0, 0.1) is 13.8 Å². The first-order valence-electron chi connectivity index (χ1n) is 5.74. The molecule has 1 aromatic carbocycles. The van der Waals surface area contributed by atoms with Crippen molar-refractivity contribution in [3.8, 4) is 0 Å². The molecule has 0 atom stereocenters. The molecule has 0 fully saturated rings. The summed E-state index contributed by atoms with van der Waals surface area (Å²) in [6.45, 7) is 4.01. The van der Waals surface area contributed by atoms with Gasteiger partial charge in [-0.05, 0) is 43.0 Å². The summed E-state index contributed by atoms with van der Waals surface area (Å²) in [5, 5.41) is 2.06. The lowest BCUT2D eigenvalue weighted by atomic mass is 10.0. The Morgan fingerprint density at radius 2 is 1.89 bits per heavy atom. The lowest BCUT2D eigenvalue weighted by Gasteiger charge is -2.04. The summed E-state index contributed by atoms with van der Waals surface area (Å²) >= 11 is 3.27. The minimum atomic E-state index is 0.143. The fraction of sp³-hybridized carbons (Fsp3) is 0.133. The molecular formula is C15H12OS2. The number of carbonyl (C=O) groups excluding carboxylic acids is 1. The molecule has 3 aromatic rings. The second-order valence-corrected chi connectivity index (χ2v) is 6.44. The summed E-state index contributed by atoms with van der Waals surface area (Å²) in [7, 11) is 0. The van der Waals surface area contributed by atoms with Crippen molar-refractivity contribution in [2.24, 2.45) is 0 Å². The number of rotatable bonds is 2. The molecule has 3 heteroatoms. The summed E-state index contributed by atoms with van der Waals surface area (Å²) in [5.41, 5.74) is 2.99. The van der Waals surface area contributed by atoms with Crippen molar-refractivity contribution in [3.63, 3.8) is 0 Å². The van der Waals surface area contributed by atoms with Crippen molar-refractivity contribution in [2.45, 2.75) is 13.8 Å². The molecule has 18 heavy (non-hydrogen) atoms. The lowest BCUT2D eigenvalue weighted by Crippen LogP contribution is -2.01. The Hall–Kier alpha value is -1.45. The minimum absolute atomic E-state index is 0.143. The van der Waals surface area contributed by atoms with Crippen molar-refractivity contribution in [2.75, 3.05) is 0 Å². The highest BCUT2D eigenvalue weighted by Crippen LogP contribution is 2.31. The summed E-state index contributed by atoms with van der Waals surface area (Å²) < 4.78 is 2.40. The highest BCUT2D eigenvalue weighted by Gasteiger charge is 2.15. The van der Waals surface area contributed by atoms with E-state index in [2.05, 4.69) is 11.4 Å². The minimum Gasteiger partial charge on any atom is -0.288 e. The largest absolute Gasteiger partial charge is 0.288 e. The van der Waals surface area contributed by atoms with Gasteiger partial charge in [-0.1, -0.05) is 17.7 Å². The van der Waals surface area contributed by atoms with Crippen LogP contribution in [0.15, 0.2) is 35.7 Å². The highest BCUT2D eigenvalue weighted by molar-refractivity contribution is 7.28. The van der Waals surface area contributed by atoms with Crippen LogP contribution in [0.25, 0.3) is 9.40 Å². The van der Waals surface area contributed by atoms with Crippen LogP contribution in [0.2, 0.25) is 0 Å². The number of benzene rings is 1. The predicted molar refractivity (Wildman–Crippen MR) is 79.1 cm³/mol. The van der Waals surface area contributed by atoms with Crippen molar-refractivity contribution in [1.29, 1.82) is 0 Å². The van der Waals surface area contributed by atoms with Gasteiger partial charge in [0.1, 0.15) is 0 Å². The average Bonchev–Trinajstić information content (AvgIpc) is 2.91. The van der Waals surface area contributed by atoms with Crippen LogP contribution in [0.5, 0.6) is 0 Å². The van der Waals surface area contributed by atoms with Crippen molar-refractivity contribution >= 4 is 37.9 Å². The zero-order valence-electron chi connectivity index (χ0n) is 10.2. The maximum absolute atomic E-state index is 12.5. The van der Waals surface area contributed by atoms with Crippen LogP contribution in [0.4, 0.5) is 0 Å². The molecule has 0 saturated carbocycles. The summed E-state index contributed by atoms with van der Waals surface area (Å²) in [6, 6.07) is 10.1. The molecule has 1 nitrogen and oxygen atoms in total. The summed E-state index contributed by atoms with van der Waals surface area (Å²) in [4.78, 5) is 13.3. The summed E-state index contributed by atoms with van der Waals surface area (Å²) in [6.07, 6.45) is 0. The van der Waals surface area contributed by atoms with Gasteiger partial charge in [-0.2, -0.15) is 0 Å². The third kappa shape index (κ3) is 1.89. The number of thiophene rings is 2. The van der Waals surface area contributed by atoms with Gasteiger partial charge in [0, 0.05) is 15.0 Å². The molecule has 0 aliphatic carbocycles. The van der Waals surface area contributed by atoms with E-state index in [1.165, 1.54) is 9.40 Å². The lowest BCUT2D eigenvalue weighted by molar-refractivity contribution is 0.104. The normalized spacial score (nSPS) is 11.0. The predicted octanol–water partition coefficient (Wildman–Crippen LogP) is 4.81. The molecule has 0 unspecified atom stereocenters. The molecule has 0 bridgehead atoms. The molecule has 0 N–H and O–H groups in total. The first-order chi connectivity index (χ1) is 8.65. The Bertz CT molecular complexity index is 705. The number of carbonyl (C=O) groups is 1. The number of fused-ring (bicyclic) bond motifs is 1. The van der Waals surface area contributed by atoms with E-state index in [-0.39, 0.29) is 5.78 Å². The summed E-state index contributed by atoms with van der Waals surface area (Å²) in [5.74, 6) is 0.143. The first kappa shape index (κ1) is 11.6. The average molecular weight is 272 g/mol. The standard InChI is InChI=1S/C15H12OS2/c1-9-3-4-10(2)11(7-9)15(16)14-8-13-12(18-14)5-6-17-13/h3-8H,1-2H3. The second kappa shape index (κ2) is 4.34. The van der Waals surface area contributed by atoms with Crippen molar-refractivity contribution < 1.29 is 4.79 Å². The first-order valence-corrected chi connectivity index (χ1v) is 7.44. The van der Waals surface area contributed by atoms with Crippen LogP contribution in [0.3, 0.4) is 0 Å². The Balaban J connectivity index is 2.09. The maximum atomic E-state index is 12.5. The van der Waals surface area contributed by atoms with E-state index in [0.29, 0.717) is 0 Å². The maximum Gasteiger partial charge on any atom is 0.203 e. The zero-order valence-corrected chi connectivity index (χ0v) is 11.8. The fourth-order valence-electron chi connectivity index (χ4n) is 1.99. The third-order valence-electron chi connectivity index (χ3n) is 3.00. The molecule has 0 saturated heterocycles. The molecule has 0 aliphatic heterocycles. The number of ketones is 1. The van der Waals surface area contributed by atoms with Gasteiger partial charge in [0.25, 0.3) is 0 Å². The van der Waals surface area contributed by atoms with E-state index in [1.807, 2.05) is 38.1 Å². The van der Waals surface area contributed by atoms with Crippen LogP contribution in [-0.2, 0) is 0 Å². The molecule has 2 aromatic heterocycles. The molecule has 2 heterocycles. The number of hydrogen-bond acceptors (Lipinski definition) is 3. The molecule has 0 spiro atoms. The molecular weight excluding hydrogens is 260 g/mol. The van der Waals surface area contributed by atoms with Crippen molar-refractivity contribution in [3.05, 3.63) is 57.3 Å². The monoisotopic (exact) mass is 272 g/mol. The molecule has 0 radical (unpaired) electrons. The quantitative estimate of drug-likeness (QED) is 0.612. The SMILES string of the molecule is Cc1ccc(C)c(C(=O)c2cc3sccc3s2)c1. The van der Waals surface area contributed by atoms with E-state index in [4.69, 9.17) is 0 Å². The van der Waals surface area contributed by atoms with E-state index in [0.717, 1.165) is 21.6 Å². The Kier molecular flexibility index (Phi) is 2.80. The molecule has 3 rings (SSSR count). The second-order valence-electron chi connectivity index (χ2n) is 4.41. The van der Waals surface area contributed by atoms with Crippen LogP contribution < -0.4 is 0 Å². The number of hydrogen-bond donors (Lipinski definition) is 0. The van der Waals surface area contributed by atoms with Crippen molar-refractivity contribution in [1.82, 2.24) is 0 Å². The van der Waals surface area contributed by atoms with E-state index >= 15 is 0 Å². The van der Waals surface area contributed by atoms with Crippen LogP contribution in [-0.4, -0.2) is 5.78 Å². The van der Waals surface area contributed by atoms with Gasteiger partial charge in [-0.3, -0.25) is 4.79 Å². The van der Waals surface area contributed by atoms with Gasteiger partial charge >= 0.3 is 0 Å². The Morgan fingerprint density at radius 3 is 2.67 bits per heavy atom. The highest BCUT2D eigenvalue weighted by atomic mass is 32.1. The van der Waals surface area contributed by atoms with Gasteiger partial charge in [0.2, 0.25) is 5.78 Å². The Morgan fingerprint density at radius 1 is 1.06 bits per heavy atom. The van der Waals surface area contributed by atoms with Gasteiger partial charge in [0.15, 0.2) is 0 Å². The molecule has 0 aliphatic rings. The van der Waals surface area contributed by atoms with Crippen LogP contribution in [0.1, 0.15) is 26.4 Å². The van der Waals surface area contributed by atoms with Gasteiger partial charge < -0.3 is 0 Å². The topological polar surface area (TPSA) is 17.1 Å². The van der Waals surface area contributed by atoms with E-state index in [1.54, 1.807) is 22.7 Å². The smallest absolute Gasteiger partial charge is 0.203 e. The van der Waals surface area contributed by atoms with Gasteiger partial charge in [-0.25, -0.2) is 0 Å². The van der Waals surface area contributed by atoms with Gasteiger partial charge in [0.05, 0.1) is 4.88 Å². The molecule has 90 valence electrons. The van der Waals surface area contributed by atoms with Gasteiger partial charge in [-0.15, -0.1) is 22.7 Å². The van der Waals surface area contributed by atoms with E-state index in [9.17, 15) is 4.79 Å². The number of aryl methyl sites for hydroxylation is 2. The fourth-order valence-corrected chi connectivity index (χ4v) is 4.05. The van der Waals surface area contributed by atoms with Crippen LogP contribution >= 0.6 is 22.7 Å². The zero-order chi connectivity index (χ0) is 12.7. The third-order valence-corrected chi connectivity index (χ3v) is 5.09. The van der Waals surface area contributed by atoms with E-state index < -0.39 is 0 Å². The Labute approximate surface area is 114 Å².